The number of carboxylic acids is 1. The lowest BCUT2D eigenvalue weighted by Gasteiger charge is -2.36. The molecule has 0 spiro atoms. The molecule has 0 fully saturated rings. The van der Waals surface area contributed by atoms with Crippen LogP contribution in [-0.4, -0.2) is 45.9 Å². The van der Waals surface area contributed by atoms with E-state index in [1.54, 1.807) is 13.0 Å². The normalized spacial score (nSPS) is 12.6. The lowest BCUT2D eigenvalue weighted by atomic mass is 10.0. The van der Waals surface area contributed by atoms with Crippen molar-refractivity contribution >= 4 is 17.8 Å². The number of hydrogen-bond donors (Lipinski definition) is 2. The Labute approximate surface area is 122 Å². The van der Waals surface area contributed by atoms with Gasteiger partial charge >= 0.3 is 5.97 Å². The highest BCUT2D eigenvalue weighted by molar-refractivity contribution is 5.96. The zero-order valence-electron chi connectivity index (χ0n) is 12.5. The first-order valence-electron chi connectivity index (χ1n) is 6.61. The van der Waals surface area contributed by atoms with E-state index in [0.717, 1.165) is 0 Å². The van der Waals surface area contributed by atoms with Crippen molar-refractivity contribution in [3.63, 3.8) is 0 Å². The van der Waals surface area contributed by atoms with Crippen molar-refractivity contribution in [1.82, 2.24) is 10.2 Å². The molecule has 116 valence electrons. The summed E-state index contributed by atoms with van der Waals surface area (Å²) in [4.78, 5) is 36.6. The molecule has 7 heteroatoms. The summed E-state index contributed by atoms with van der Waals surface area (Å²) in [7, 11) is 0. The predicted octanol–water partition coefficient (Wildman–Crippen LogP) is 1.11. The van der Waals surface area contributed by atoms with Gasteiger partial charge in [-0.1, -0.05) is 0 Å². The topological polar surface area (TPSA) is 99.9 Å². The molecular formula is C14H20N2O5. The van der Waals surface area contributed by atoms with Crippen LogP contribution >= 0.6 is 0 Å². The number of nitrogens with one attached hydrogen (secondary N) is 1. The Morgan fingerprint density at radius 1 is 1.43 bits per heavy atom. The van der Waals surface area contributed by atoms with Crippen LogP contribution in [0.15, 0.2) is 22.8 Å². The Morgan fingerprint density at radius 3 is 2.48 bits per heavy atom. The molecule has 1 atom stereocenters. The summed E-state index contributed by atoms with van der Waals surface area (Å²) in [6.07, 6.45) is 1.35. The number of carboxylic acid groups (broad SMARTS) is 1. The quantitative estimate of drug-likeness (QED) is 0.819. The first kappa shape index (κ1) is 16.7. The van der Waals surface area contributed by atoms with E-state index in [1.807, 2.05) is 0 Å². The molecule has 0 saturated heterocycles. The molecule has 0 radical (unpaired) electrons. The van der Waals surface area contributed by atoms with Crippen molar-refractivity contribution in [2.24, 2.45) is 0 Å². The van der Waals surface area contributed by atoms with Crippen LogP contribution in [0.25, 0.3) is 0 Å². The molecule has 0 aliphatic carbocycles. The summed E-state index contributed by atoms with van der Waals surface area (Å²) in [6, 6.07) is 2.18. The van der Waals surface area contributed by atoms with Gasteiger partial charge in [0.25, 0.3) is 5.91 Å². The van der Waals surface area contributed by atoms with Gasteiger partial charge in [0.15, 0.2) is 5.76 Å². The third kappa shape index (κ3) is 3.62. The van der Waals surface area contributed by atoms with Gasteiger partial charge in [-0.05, 0) is 39.8 Å². The number of likely N-dealkylation sites (N-methyl/N-ethyl adjacent to an activating group) is 1. The van der Waals surface area contributed by atoms with Gasteiger partial charge < -0.3 is 19.7 Å². The highest BCUT2D eigenvalue weighted by Crippen LogP contribution is 2.16. The fourth-order valence-corrected chi connectivity index (χ4v) is 1.91. The molecule has 1 rings (SSSR count). The monoisotopic (exact) mass is 296 g/mol. The average molecular weight is 296 g/mol. The summed E-state index contributed by atoms with van der Waals surface area (Å²) < 4.78 is 4.94. The van der Waals surface area contributed by atoms with Crippen molar-refractivity contribution in [3.05, 3.63) is 24.2 Å². The van der Waals surface area contributed by atoms with Gasteiger partial charge in [0.2, 0.25) is 5.91 Å². The first-order chi connectivity index (χ1) is 9.71. The number of hydrogen-bond acceptors (Lipinski definition) is 4. The second kappa shape index (κ2) is 6.43. The molecular weight excluding hydrogens is 276 g/mol. The van der Waals surface area contributed by atoms with Gasteiger partial charge in [-0.25, -0.2) is 4.79 Å². The number of carbonyl (C=O) groups is 3. The SMILES string of the molecule is CCN(C(=O)C(C)NC(=O)c1ccco1)C(C)(C)C(=O)O. The minimum absolute atomic E-state index is 0.0928. The number of carbonyl (C=O) groups excluding carboxylic acids is 2. The van der Waals surface area contributed by atoms with Gasteiger partial charge in [-0.3, -0.25) is 9.59 Å². The number of furan rings is 1. The van der Waals surface area contributed by atoms with E-state index in [2.05, 4.69) is 5.32 Å². The van der Waals surface area contributed by atoms with E-state index < -0.39 is 29.4 Å². The molecule has 2 N–H and O–H groups in total. The number of rotatable bonds is 6. The summed E-state index contributed by atoms with van der Waals surface area (Å²) in [6.45, 7) is 6.29. The van der Waals surface area contributed by atoms with Crippen LogP contribution in [-0.2, 0) is 9.59 Å². The van der Waals surface area contributed by atoms with Gasteiger partial charge in [0.05, 0.1) is 6.26 Å². The van der Waals surface area contributed by atoms with Crippen LogP contribution in [0.4, 0.5) is 0 Å². The lowest BCUT2D eigenvalue weighted by molar-refractivity contribution is -0.157. The number of aliphatic carboxylic acids is 1. The van der Waals surface area contributed by atoms with Gasteiger partial charge in [-0.15, -0.1) is 0 Å². The van der Waals surface area contributed by atoms with Crippen molar-refractivity contribution in [2.45, 2.75) is 39.3 Å². The van der Waals surface area contributed by atoms with Crippen LogP contribution in [0.3, 0.4) is 0 Å². The fourth-order valence-electron chi connectivity index (χ4n) is 1.91. The molecule has 1 aromatic rings. The molecule has 1 heterocycles. The summed E-state index contributed by atoms with van der Waals surface area (Å²) in [5.74, 6) is -2.01. The molecule has 0 saturated carbocycles. The van der Waals surface area contributed by atoms with Crippen LogP contribution in [0.2, 0.25) is 0 Å². The van der Waals surface area contributed by atoms with Gasteiger partial charge in [-0.2, -0.15) is 0 Å². The molecule has 2 amide bonds. The van der Waals surface area contributed by atoms with Crippen molar-refractivity contribution in [3.8, 4) is 0 Å². The number of amides is 2. The van der Waals surface area contributed by atoms with E-state index in [1.165, 1.54) is 38.0 Å². The highest BCUT2D eigenvalue weighted by atomic mass is 16.4. The molecule has 0 bridgehead atoms. The summed E-state index contributed by atoms with van der Waals surface area (Å²) in [5, 5.41) is 11.7. The second-order valence-electron chi connectivity index (χ2n) is 5.12. The van der Waals surface area contributed by atoms with Crippen molar-refractivity contribution in [2.75, 3.05) is 6.54 Å². The van der Waals surface area contributed by atoms with E-state index in [-0.39, 0.29) is 12.3 Å². The smallest absolute Gasteiger partial charge is 0.329 e. The third-order valence-electron chi connectivity index (χ3n) is 3.24. The molecule has 21 heavy (non-hydrogen) atoms. The summed E-state index contributed by atoms with van der Waals surface area (Å²) in [5.41, 5.74) is -1.35. The average Bonchev–Trinajstić information content (AvgIpc) is 2.92. The Bertz CT molecular complexity index is 521. The van der Waals surface area contributed by atoms with Crippen LogP contribution in [0.5, 0.6) is 0 Å². The molecule has 0 aromatic carbocycles. The molecule has 0 aliphatic heterocycles. The number of nitrogens with zero attached hydrogens (tertiary/aromatic N) is 1. The lowest BCUT2D eigenvalue weighted by Crippen LogP contribution is -2.57. The molecule has 7 nitrogen and oxygen atoms in total. The maximum Gasteiger partial charge on any atom is 0.329 e. The van der Waals surface area contributed by atoms with E-state index in [0.29, 0.717) is 0 Å². The summed E-state index contributed by atoms with van der Waals surface area (Å²) >= 11 is 0. The minimum atomic E-state index is -1.35. The van der Waals surface area contributed by atoms with E-state index in [4.69, 9.17) is 4.42 Å². The zero-order valence-corrected chi connectivity index (χ0v) is 12.5. The fraction of sp³-hybridized carbons (Fsp3) is 0.500. The Morgan fingerprint density at radius 2 is 2.05 bits per heavy atom. The molecule has 1 aromatic heterocycles. The zero-order chi connectivity index (χ0) is 16.2. The Hall–Kier alpha value is -2.31. The third-order valence-corrected chi connectivity index (χ3v) is 3.24. The highest BCUT2D eigenvalue weighted by Gasteiger charge is 2.38. The van der Waals surface area contributed by atoms with Gasteiger partial charge in [0, 0.05) is 6.54 Å². The van der Waals surface area contributed by atoms with Crippen LogP contribution in [0, 0.1) is 0 Å². The van der Waals surface area contributed by atoms with Crippen molar-refractivity contribution < 1.29 is 23.9 Å². The van der Waals surface area contributed by atoms with Gasteiger partial charge in [0.1, 0.15) is 11.6 Å². The molecule has 1 unspecified atom stereocenters. The van der Waals surface area contributed by atoms with Crippen LogP contribution in [0.1, 0.15) is 38.2 Å². The second-order valence-corrected chi connectivity index (χ2v) is 5.12. The van der Waals surface area contributed by atoms with Crippen LogP contribution < -0.4 is 5.32 Å². The first-order valence-corrected chi connectivity index (χ1v) is 6.61. The maximum absolute atomic E-state index is 12.3. The molecule has 0 aliphatic rings. The largest absolute Gasteiger partial charge is 0.480 e. The van der Waals surface area contributed by atoms with E-state index in [9.17, 15) is 19.5 Å². The van der Waals surface area contributed by atoms with E-state index >= 15 is 0 Å². The Balaban J connectivity index is 2.81. The maximum atomic E-state index is 12.3. The minimum Gasteiger partial charge on any atom is -0.480 e. The van der Waals surface area contributed by atoms with Crippen molar-refractivity contribution in [1.29, 1.82) is 0 Å². The Kier molecular flexibility index (Phi) is 5.12. The standard InChI is InChI=1S/C14H20N2O5/c1-5-16(14(3,4)13(19)20)12(18)9(2)15-11(17)10-7-6-8-21-10/h6-9H,5H2,1-4H3,(H,15,17)(H,19,20). The predicted molar refractivity (Wildman–Crippen MR) is 74.7 cm³/mol.